The molecule has 0 bridgehead atoms. The fraction of sp³-hybridized carbons (Fsp3) is 0.111. The maximum Gasteiger partial charge on any atom is 0.300 e. The number of carbonyl (C=O) groups is 1. The van der Waals surface area contributed by atoms with Gasteiger partial charge in [-0.2, -0.15) is 8.42 Å². The predicted molar refractivity (Wildman–Crippen MR) is 75.4 cm³/mol. The number of halogens is 1. The molecule has 12 heteroatoms. The number of carboxylic acid groups (broad SMARTS) is 1. The summed E-state index contributed by atoms with van der Waals surface area (Å²) in [7, 11) is -8.01. The summed E-state index contributed by atoms with van der Waals surface area (Å²) in [5, 5.41) is 14.7. The topological polar surface area (TPSA) is 156 Å². The number of fused-ring (bicyclic) bond motifs is 1. The van der Waals surface area contributed by atoms with Crippen LogP contribution in [0.1, 0.15) is 6.92 Å². The van der Waals surface area contributed by atoms with Crippen LogP contribution in [0.3, 0.4) is 0 Å². The molecule has 9 nitrogen and oxygen atoms in total. The number of hydrogen-bond acceptors (Lipinski definition) is 6. The molecule has 0 aromatic heterocycles. The van der Waals surface area contributed by atoms with E-state index >= 15 is 0 Å². The van der Waals surface area contributed by atoms with Crippen molar-refractivity contribution < 1.29 is 26.7 Å². The Morgan fingerprint density at radius 3 is 2.43 bits per heavy atom. The minimum Gasteiger partial charge on any atom is -0.481 e. The van der Waals surface area contributed by atoms with Gasteiger partial charge < -0.3 is 10.4 Å². The lowest BCUT2D eigenvalue weighted by molar-refractivity contribution is -0.134. The molecule has 0 amide bonds. The Kier molecular flexibility index (Phi) is 4.94. The number of nitrogens with two attached hydrogens (primary N) is 1. The van der Waals surface area contributed by atoms with Gasteiger partial charge in [-0.3, -0.25) is 4.79 Å². The third-order valence-electron chi connectivity index (χ3n) is 2.03. The standard InChI is InChI=1S/C7H6ClN3O4S2.C2H4O2/c8-4-1-5-7(2-6(4)16(9,12)13)17(14,15)11-3-10-5;1-2(3)4/h1-3H,(H,10,11)(H2,9,12,13);1H3,(H,3,4). The molecule has 0 aliphatic carbocycles. The lowest BCUT2D eigenvalue weighted by Gasteiger charge is -2.14. The first kappa shape index (κ1) is 17.4. The van der Waals surface area contributed by atoms with E-state index in [-0.39, 0.29) is 15.6 Å². The number of hydrogen-bond donors (Lipinski definition) is 3. The largest absolute Gasteiger partial charge is 0.481 e. The number of rotatable bonds is 1. The van der Waals surface area contributed by atoms with Gasteiger partial charge in [-0.25, -0.2) is 13.6 Å². The van der Waals surface area contributed by atoms with Gasteiger partial charge in [0.25, 0.3) is 16.0 Å². The number of sulfonamides is 2. The van der Waals surface area contributed by atoms with E-state index in [1.54, 1.807) is 0 Å². The molecule has 1 heterocycles. The normalized spacial score (nSPS) is 15.2. The first-order chi connectivity index (χ1) is 9.45. The van der Waals surface area contributed by atoms with Crippen LogP contribution in [0.4, 0.5) is 5.69 Å². The highest BCUT2D eigenvalue weighted by Gasteiger charge is 2.25. The highest BCUT2D eigenvalue weighted by Crippen LogP contribution is 2.33. The minimum absolute atomic E-state index is 0.150. The second-order valence-electron chi connectivity index (χ2n) is 3.70. The predicted octanol–water partition coefficient (Wildman–Crippen LogP) is 0.221. The maximum atomic E-state index is 11.5. The highest BCUT2D eigenvalue weighted by molar-refractivity contribution is 7.91. The van der Waals surface area contributed by atoms with Gasteiger partial charge in [0.15, 0.2) is 0 Å². The Balaban J connectivity index is 0.000000491. The average molecular weight is 356 g/mol. The van der Waals surface area contributed by atoms with Gasteiger partial charge in [0.2, 0.25) is 10.0 Å². The smallest absolute Gasteiger partial charge is 0.300 e. The van der Waals surface area contributed by atoms with Crippen molar-refractivity contribution in [2.45, 2.75) is 16.7 Å². The molecule has 1 aliphatic heterocycles. The Bertz CT molecular complexity index is 812. The Labute approximate surface area is 125 Å². The van der Waals surface area contributed by atoms with Crippen molar-refractivity contribution in [2.24, 2.45) is 9.54 Å². The molecule has 0 atom stereocenters. The SMILES string of the molecule is CC(=O)O.NS(=O)(=O)c1cc2c(cc1Cl)NC=NS2(=O)=O. The van der Waals surface area contributed by atoms with Gasteiger partial charge in [0, 0.05) is 6.92 Å². The summed E-state index contributed by atoms with van der Waals surface area (Å²) < 4.78 is 48.7. The van der Waals surface area contributed by atoms with E-state index < -0.39 is 30.9 Å². The molecule has 116 valence electrons. The van der Waals surface area contributed by atoms with E-state index in [1.165, 1.54) is 6.07 Å². The minimum atomic E-state index is -4.09. The lowest BCUT2D eigenvalue weighted by atomic mass is 10.3. The van der Waals surface area contributed by atoms with Crippen molar-refractivity contribution in [1.29, 1.82) is 0 Å². The summed E-state index contributed by atoms with van der Waals surface area (Å²) in [6.07, 6.45) is 0.977. The van der Waals surface area contributed by atoms with Crippen molar-refractivity contribution in [1.82, 2.24) is 0 Å². The van der Waals surface area contributed by atoms with Gasteiger partial charge in [0.1, 0.15) is 16.1 Å². The first-order valence-corrected chi connectivity index (χ1v) is 8.43. The molecule has 0 radical (unpaired) electrons. The molecule has 21 heavy (non-hydrogen) atoms. The molecule has 1 aliphatic rings. The molecular formula is C9H10ClN3O6S2. The quantitative estimate of drug-likeness (QED) is 0.650. The van der Waals surface area contributed by atoms with Crippen LogP contribution in [0.5, 0.6) is 0 Å². The molecule has 0 saturated heterocycles. The van der Waals surface area contributed by atoms with Crippen molar-refractivity contribution in [2.75, 3.05) is 5.32 Å². The third-order valence-corrected chi connectivity index (χ3v) is 4.68. The number of anilines is 1. The van der Waals surface area contributed by atoms with Gasteiger partial charge in [-0.1, -0.05) is 11.6 Å². The molecule has 0 unspecified atom stereocenters. The Hall–Kier alpha value is -1.69. The zero-order valence-corrected chi connectivity index (χ0v) is 12.8. The third kappa shape index (κ3) is 4.39. The maximum absolute atomic E-state index is 11.5. The Morgan fingerprint density at radius 1 is 1.43 bits per heavy atom. The van der Waals surface area contributed by atoms with E-state index in [9.17, 15) is 16.8 Å². The number of primary sulfonamides is 1. The Morgan fingerprint density at radius 2 is 1.95 bits per heavy atom. The van der Waals surface area contributed by atoms with Gasteiger partial charge in [-0.15, -0.1) is 4.40 Å². The highest BCUT2D eigenvalue weighted by atomic mass is 35.5. The second-order valence-corrected chi connectivity index (χ2v) is 7.23. The first-order valence-electron chi connectivity index (χ1n) is 5.06. The number of benzene rings is 1. The summed E-state index contributed by atoms with van der Waals surface area (Å²) in [4.78, 5) is 8.26. The molecule has 1 aromatic carbocycles. The molecule has 0 spiro atoms. The van der Waals surface area contributed by atoms with Crippen LogP contribution in [-0.4, -0.2) is 34.2 Å². The van der Waals surface area contributed by atoms with Crippen molar-refractivity contribution >= 4 is 49.6 Å². The van der Waals surface area contributed by atoms with Crippen LogP contribution in [0.25, 0.3) is 0 Å². The zero-order valence-electron chi connectivity index (χ0n) is 10.4. The number of aliphatic carboxylic acids is 1. The van der Waals surface area contributed by atoms with Gasteiger partial charge in [0.05, 0.1) is 10.7 Å². The number of carboxylic acids is 1. The fourth-order valence-corrected chi connectivity index (χ4v) is 3.44. The monoisotopic (exact) mass is 355 g/mol. The van der Waals surface area contributed by atoms with Crippen LogP contribution in [0, 0.1) is 0 Å². The van der Waals surface area contributed by atoms with Crippen molar-refractivity contribution in [3.05, 3.63) is 17.2 Å². The number of nitrogens with zero attached hydrogens (tertiary/aromatic N) is 1. The van der Waals surface area contributed by atoms with E-state index in [4.69, 9.17) is 26.6 Å². The van der Waals surface area contributed by atoms with Crippen LogP contribution in [-0.2, 0) is 24.8 Å². The number of nitrogens with one attached hydrogen (secondary N) is 1. The summed E-state index contributed by atoms with van der Waals surface area (Å²) in [6.45, 7) is 1.08. The molecule has 2 rings (SSSR count). The lowest BCUT2D eigenvalue weighted by Crippen LogP contribution is -2.16. The zero-order chi connectivity index (χ0) is 16.4. The second kappa shape index (κ2) is 5.97. The molecule has 1 aromatic rings. The van der Waals surface area contributed by atoms with E-state index in [0.29, 0.717) is 0 Å². The van der Waals surface area contributed by atoms with Crippen molar-refractivity contribution in [3.63, 3.8) is 0 Å². The van der Waals surface area contributed by atoms with Crippen LogP contribution in [0.15, 0.2) is 26.3 Å². The van der Waals surface area contributed by atoms with Gasteiger partial charge >= 0.3 is 0 Å². The molecular weight excluding hydrogens is 346 g/mol. The van der Waals surface area contributed by atoms with Crippen LogP contribution >= 0.6 is 11.6 Å². The summed E-state index contributed by atoms with van der Waals surface area (Å²) in [6, 6.07) is 2.05. The molecule has 0 fully saturated rings. The van der Waals surface area contributed by atoms with E-state index in [0.717, 1.165) is 19.3 Å². The van der Waals surface area contributed by atoms with Crippen LogP contribution in [0.2, 0.25) is 5.02 Å². The fourth-order valence-electron chi connectivity index (χ4n) is 1.30. The molecule has 0 saturated carbocycles. The molecule has 4 N–H and O–H groups in total. The van der Waals surface area contributed by atoms with E-state index in [1.807, 2.05) is 0 Å². The summed E-state index contributed by atoms with van der Waals surface area (Å²) in [5.74, 6) is -0.833. The van der Waals surface area contributed by atoms with Crippen molar-refractivity contribution in [3.8, 4) is 0 Å². The average Bonchev–Trinajstić information content (AvgIpc) is 2.24. The van der Waals surface area contributed by atoms with E-state index in [2.05, 4.69) is 9.71 Å². The summed E-state index contributed by atoms with van der Waals surface area (Å²) >= 11 is 5.70. The van der Waals surface area contributed by atoms with Crippen LogP contribution < -0.4 is 10.5 Å². The summed E-state index contributed by atoms with van der Waals surface area (Å²) in [5.41, 5.74) is 0.150. The van der Waals surface area contributed by atoms with Gasteiger partial charge in [-0.05, 0) is 12.1 Å².